The summed E-state index contributed by atoms with van der Waals surface area (Å²) in [6.07, 6.45) is 0. The summed E-state index contributed by atoms with van der Waals surface area (Å²) in [7, 11) is 0. The van der Waals surface area contributed by atoms with Crippen molar-refractivity contribution in [2.24, 2.45) is 0 Å². The molecule has 1 aliphatic rings. The van der Waals surface area contributed by atoms with Crippen LogP contribution in [0.1, 0.15) is 5.56 Å². The van der Waals surface area contributed by atoms with Gasteiger partial charge in [-0.3, -0.25) is 0 Å². The van der Waals surface area contributed by atoms with Crippen LogP contribution >= 0.6 is 11.6 Å². The summed E-state index contributed by atoms with van der Waals surface area (Å²) in [4.78, 5) is 2.18. The van der Waals surface area contributed by atoms with E-state index in [4.69, 9.17) is 22.1 Å². The molecule has 3 nitrogen and oxygen atoms in total. The van der Waals surface area contributed by atoms with E-state index >= 15 is 0 Å². The van der Waals surface area contributed by atoms with Crippen molar-refractivity contribution in [1.82, 2.24) is 0 Å². The van der Waals surface area contributed by atoms with Crippen molar-refractivity contribution < 1.29 is 4.74 Å². The SMILES string of the molecule is Cc1cc(N)c(N2CCOCC2)c(Cl)c1. The van der Waals surface area contributed by atoms with E-state index in [2.05, 4.69) is 4.90 Å². The van der Waals surface area contributed by atoms with Crippen LogP contribution in [-0.2, 0) is 4.74 Å². The lowest BCUT2D eigenvalue weighted by atomic mass is 10.1. The number of nitrogen functional groups attached to an aromatic ring is 1. The maximum Gasteiger partial charge on any atom is 0.0790 e. The minimum absolute atomic E-state index is 0.731. The van der Waals surface area contributed by atoms with Gasteiger partial charge in [0.05, 0.1) is 29.6 Å². The summed E-state index contributed by atoms with van der Waals surface area (Å²) in [5, 5.41) is 0.731. The van der Waals surface area contributed by atoms with Gasteiger partial charge in [-0.1, -0.05) is 11.6 Å². The molecular formula is C11H15ClN2O. The van der Waals surface area contributed by atoms with E-state index in [0.717, 1.165) is 48.3 Å². The van der Waals surface area contributed by atoms with Gasteiger partial charge in [-0.2, -0.15) is 0 Å². The zero-order valence-corrected chi connectivity index (χ0v) is 9.55. The molecule has 0 radical (unpaired) electrons. The van der Waals surface area contributed by atoms with Crippen LogP contribution in [0.15, 0.2) is 12.1 Å². The second-order valence-corrected chi connectivity index (χ2v) is 4.19. The van der Waals surface area contributed by atoms with Gasteiger partial charge in [0.25, 0.3) is 0 Å². The third kappa shape index (κ3) is 2.19. The van der Waals surface area contributed by atoms with Gasteiger partial charge in [0, 0.05) is 13.1 Å². The van der Waals surface area contributed by atoms with E-state index in [-0.39, 0.29) is 0 Å². The van der Waals surface area contributed by atoms with E-state index in [9.17, 15) is 0 Å². The molecule has 0 unspecified atom stereocenters. The van der Waals surface area contributed by atoms with Crippen LogP contribution in [-0.4, -0.2) is 26.3 Å². The average molecular weight is 227 g/mol. The fourth-order valence-electron chi connectivity index (χ4n) is 1.88. The highest BCUT2D eigenvalue weighted by molar-refractivity contribution is 6.34. The number of hydrogen-bond donors (Lipinski definition) is 1. The van der Waals surface area contributed by atoms with Gasteiger partial charge in [0.1, 0.15) is 0 Å². The summed E-state index contributed by atoms with van der Waals surface area (Å²) < 4.78 is 5.30. The Morgan fingerprint density at radius 1 is 1.33 bits per heavy atom. The predicted molar refractivity (Wildman–Crippen MR) is 63.6 cm³/mol. The van der Waals surface area contributed by atoms with Crippen molar-refractivity contribution >= 4 is 23.0 Å². The predicted octanol–water partition coefficient (Wildman–Crippen LogP) is 2.07. The third-order valence-corrected chi connectivity index (χ3v) is 2.85. The van der Waals surface area contributed by atoms with E-state index < -0.39 is 0 Å². The minimum Gasteiger partial charge on any atom is -0.397 e. The highest BCUT2D eigenvalue weighted by atomic mass is 35.5. The lowest BCUT2D eigenvalue weighted by Gasteiger charge is -2.30. The summed E-state index contributed by atoms with van der Waals surface area (Å²) in [6.45, 7) is 5.18. The molecule has 0 aliphatic carbocycles. The van der Waals surface area contributed by atoms with Crippen molar-refractivity contribution in [3.05, 3.63) is 22.7 Å². The molecule has 0 amide bonds. The molecule has 1 saturated heterocycles. The molecule has 1 aliphatic heterocycles. The van der Waals surface area contributed by atoms with Gasteiger partial charge in [0.2, 0.25) is 0 Å². The number of halogens is 1. The quantitative estimate of drug-likeness (QED) is 0.746. The molecule has 1 fully saturated rings. The second-order valence-electron chi connectivity index (χ2n) is 3.78. The standard InChI is InChI=1S/C11H15ClN2O/c1-8-6-9(12)11(10(13)7-8)14-2-4-15-5-3-14/h6-7H,2-5,13H2,1H3. The van der Waals surface area contributed by atoms with Crippen LogP contribution in [0.3, 0.4) is 0 Å². The molecule has 0 bridgehead atoms. The Morgan fingerprint density at radius 2 is 2.00 bits per heavy atom. The monoisotopic (exact) mass is 226 g/mol. The van der Waals surface area contributed by atoms with Crippen molar-refractivity contribution in [3.63, 3.8) is 0 Å². The Bertz CT molecular complexity index is 339. The van der Waals surface area contributed by atoms with E-state index in [1.54, 1.807) is 0 Å². The lowest BCUT2D eigenvalue weighted by Crippen LogP contribution is -2.36. The molecule has 0 spiro atoms. The highest BCUT2D eigenvalue weighted by Gasteiger charge is 2.16. The number of rotatable bonds is 1. The van der Waals surface area contributed by atoms with Gasteiger partial charge in [-0.15, -0.1) is 0 Å². The highest BCUT2D eigenvalue weighted by Crippen LogP contribution is 2.33. The topological polar surface area (TPSA) is 38.5 Å². The number of nitrogens with two attached hydrogens (primary N) is 1. The second kappa shape index (κ2) is 4.29. The van der Waals surface area contributed by atoms with Crippen molar-refractivity contribution in [3.8, 4) is 0 Å². The largest absolute Gasteiger partial charge is 0.397 e. The molecule has 1 aromatic carbocycles. The Hall–Kier alpha value is -0.930. The molecule has 2 rings (SSSR count). The maximum atomic E-state index is 6.21. The van der Waals surface area contributed by atoms with Crippen LogP contribution in [0.2, 0.25) is 5.02 Å². The summed E-state index contributed by atoms with van der Waals surface area (Å²) in [5.41, 5.74) is 8.78. The van der Waals surface area contributed by atoms with Gasteiger partial charge in [-0.05, 0) is 24.6 Å². The Balaban J connectivity index is 2.33. The first-order chi connectivity index (χ1) is 7.18. The number of aryl methyl sites for hydroxylation is 1. The van der Waals surface area contributed by atoms with Crippen LogP contribution in [0.5, 0.6) is 0 Å². The van der Waals surface area contributed by atoms with Gasteiger partial charge in [0.15, 0.2) is 0 Å². The van der Waals surface area contributed by atoms with E-state index in [1.807, 2.05) is 19.1 Å². The number of ether oxygens (including phenoxy) is 1. The molecule has 0 aromatic heterocycles. The van der Waals surface area contributed by atoms with Gasteiger partial charge < -0.3 is 15.4 Å². The molecule has 4 heteroatoms. The number of nitrogens with zero attached hydrogens (tertiary/aromatic N) is 1. The molecule has 1 aromatic rings. The molecule has 0 saturated carbocycles. The molecule has 2 N–H and O–H groups in total. The molecule has 82 valence electrons. The van der Waals surface area contributed by atoms with Crippen LogP contribution < -0.4 is 10.6 Å². The van der Waals surface area contributed by atoms with Gasteiger partial charge >= 0.3 is 0 Å². The number of anilines is 2. The zero-order chi connectivity index (χ0) is 10.8. The first-order valence-electron chi connectivity index (χ1n) is 5.07. The molecule has 15 heavy (non-hydrogen) atoms. The van der Waals surface area contributed by atoms with Gasteiger partial charge in [-0.25, -0.2) is 0 Å². The van der Waals surface area contributed by atoms with E-state index in [1.165, 1.54) is 0 Å². The number of morpholine rings is 1. The average Bonchev–Trinajstić information content (AvgIpc) is 2.17. The summed E-state index contributed by atoms with van der Waals surface area (Å²) in [5.74, 6) is 0. The molecular weight excluding hydrogens is 212 g/mol. The summed E-state index contributed by atoms with van der Waals surface area (Å²) in [6, 6.07) is 3.90. The normalized spacial score (nSPS) is 16.8. The first-order valence-corrected chi connectivity index (χ1v) is 5.44. The number of hydrogen-bond acceptors (Lipinski definition) is 3. The Kier molecular flexibility index (Phi) is 3.03. The number of benzene rings is 1. The third-order valence-electron chi connectivity index (χ3n) is 2.56. The molecule has 1 heterocycles. The van der Waals surface area contributed by atoms with Crippen LogP contribution in [0.4, 0.5) is 11.4 Å². The fraction of sp³-hybridized carbons (Fsp3) is 0.455. The minimum atomic E-state index is 0.731. The van der Waals surface area contributed by atoms with E-state index in [0.29, 0.717) is 0 Å². The van der Waals surface area contributed by atoms with Crippen molar-refractivity contribution in [1.29, 1.82) is 0 Å². The maximum absolute atomic E-state index is 6.21. The van der Waals surface area contributed by atoms with Crippen LogP contribution in [0, 0.1) is 6.92 Å². The Morgan fingerprint density at radius 3 is 2.60 bits per heavy atom. The summed E-state index contributed by atoms with van der Waals surface area (Å²) >= 11 is 6.21. The lowest BCUT2D eigenvalue weighted by molar-refractivity contribution is 0.123. The van der Waals surface area contributed by atoms with Crippen LogP contribution in [0.25, 0.3) is 0 Å². The van der Waals surface area contributed by atoms with Crippen molar-refractivity contribution in [2.75, 3.05) is 36.9 Å². The Labute approximate surface area is 94.8 Å². The fourth-order valence-corrected chi connectivity index (χ4v) is 2.28. The zero-order valence-electron chi connectivity index (χ0n) is 8.79. The smallest absolute Gasteiger partial charge is 0.0790 e. The first kappa shape index (κ1) is 10.6. The van der Waals surface area contributed by atoms with Crippen molar-refractivity contribution in [2.45, 2.75) is 6.92 Å². The molecule has 0 atom stereocenters.